The molecule has 0 fully saturated rings. The predicted octanol–water partition coefficient (Wildman–Crippen LogP) is 4.43. The van der Waals surface area contributed by atoms with E-state index in [-0.39, 0.29) is 12.4 Å². The highest BCUT2D eigenvalue weighted by molar-refractivity contribution is 7.99. The molecule has 0 saturated carbocycles. The van der Waals surface area contributed by atoms with E-state index in [1.807, 2.05) is 30.3 Å². The van der Waals surface area contributed by atoms with Gasteiger partial charge in [0, 0.05) is 16.5 Å². The molecule has 1 atom stereocenters. The molecular weight excluding hydrogens is 500 g/mol. The van der Waals surface area contributed by atoms with Crippen molar-refractivity contribution in [2.45, 2.75) is 18.0 Å². The van der Waals surface area contributed by atoms with Crippen LogP contribution in [0.3, 0.4) is 0 Å². The molecule has 0 saturated heterocycles. The molecule has 5 rings (SSSR count). The lowest BCUT2D eigenvalue weighted by atomic mass is 9.95. The maximum absolute atomic E-state index is 13.0. The van der Waals surface area contributed by atoms with Crippen LogP contribution in [0.25, 0.3) is 16.7 Å². The number of amides is 2. The third-order valence-corrected chi connectivity index (χ3v) is 6.82. The smallest absolute Gasteiger partial charge is 0.338 e. The fourth-order valence-corrected chi connectivity index (χ4v) is 4.98. The van der Waals surface area contributed by atoms with Gasteiger partial charge in [0.15, 0.2) is 5.65 Å². The maximum atomic E-state index is 13.0. The Balaban J connectivity index is 1.49. The van der Waals surface area contributed by atoms with Gasteiger partial charge >= 0.3 is 12.0 Å². The zero-order chi connectivity index (χ0) is 25.1. The molecule has 11 heteroatoms. The minimum absolute atomic E-state index is 0.204. The number of carbonyl (C=O) groups excluding carboxylic acids is 2. The molecule has 2 aromatic carbocycles. The van der Waals surface area contributed by atoms with Crippen LogP contribution in [0.15, 0.2) is 83.4 Å². The average Bonchev–Trinajstić information content (AvgIpc) is 3.33. The maximum Gasteiger partial charge on any atom is 0.338 e. The van der Waals surface area contributed by atoms with E-state index in [4.69, 9.17) is 16.3 Å². The van der Waals surface area contributed by atoms with Crippen LogP contribution in [0, 0.1) is 0 Å². The van der Waals surface area contributed by atoms with Gasteiger partial charge in [-0.25, -0.2) is 24.2 Å². The molecule has 0 aliphatic carbocycles. The van der Waals surface area contributed by atoms with Crippen LogP contribution in [0.2, 0.25) is 5.02 Å². The first-order valence-electron chi connectivity index (χ1n) is 11.1. The van der Waals surface area contributed by atoms with E-state index in [1.54, 1.807) is 42.1 Å². The SMILES string of the molecule is CCOC(=O)C1=C(CSc2ncnc3c2cnn3-c2ccccc2)NC(=O)NC1c1ccc(Cl)cc1. The summed E-state index contributed by atoms with van der Waals surface area (Å²) in [7, 11) is 0. The highest BCUT2D eigenvalue weighted by atomic mass is 35.5. The predicted molar refractivity (Wildman–Crippen MR) is 137 cm³/mol. The molecule has 0 radical (unpaired) electrons. The zero-order valence-corrected chi connectivity index (χ0v) is 20.7. The van der Waals surface area contributed by atoms with Gasteiger partial charge in [-0.05, 0) is 36.8 Å². The molecule has 1 unspecified atom stereocenters. The lowest BCUT2D eigenvalue weighted by molar-refractivity contribution is -0.139. The second-order valence-electron chi connectivity index (χ2n) is 7.79. The summed E-state index contributed by atoms with van der Waals surface area (Å²) in [4.78, 5) is 34.4. The van der Waals surface area contributed by atoms with Crippen LogP contribution < -0.4 is 10.6 Å². The number of hydrogen-bond acceptors (Lipinski definition) is 7. The number of fused-ring (bicyclic) bond motifs is 1. The van der Waals surface area contributed by atoms with Crippen molar-refractivity contribution >= 4 is 46.4 Å². The van der Waals surface area contributed by atoms with E-state index >= 15 is 0 Å². The number of aromatic nitrogens is 4. The molecule has 9 nitrogen and oxygen atoms in total. The Kier molecular flexibility index (Phi) is 6.88. The third-order valence-electron chi connectivity index (χ3n) is 5.54. The molecule has 2 aromatic heterocycles. The number of nitrogens with zero attached hydrogens (tertiary/aromatic N) is 4. The van der Waals surface area contributed by atoms with Crippen molar-refractivity contribution in [3.63, 3.8) is 0 Å². The Bertz CT molecular complexity index is 1460. The number of urea groups is 1. The van der Waals surface area contributed by atoms with E-state index < -0.39 is 18.0 Å². The van der Waals surface area contributed by atoms with Crippen molar-refractivity contribution in [3.05, 3.63) is 89.0 Å². The van der Waals surface area contributed by atoms with Crippen molar-refractivity contribution in [1.29, 1.82) is 0 Å². The van der Waals surface area contributed by atoms with E-state index in [0.29, 0.717) is 32.5 Å². The van der Waals surface area contributed by atoms with Crippen molar-refractivity contribution < 1.29 is 14.3 Å². The lowest BCUT2D eigenvalue weighted by Gasteiger charge is -2.29. The largest absolute Gasteiger partial charge is 0.463 e. The lowest BCUT2D eigenvalue weighted by Crippen LogP contribution is -2.46. The summed E-state index contributed by atoms with van der Waals surface area (Å²) in [5.41, 5.74) is 3.03. The second-order valence-corrected chi connectivity index (χ2v) is 9.19. The number of ether oxygens (including phenoxy) is 1. The molecule has 0 bridgehead atoms. The first-order chi connectivity index (χ1) is 17.5. The number of rotatable bonds is 7. The van der Waals surface area contributed by atoms with Crippen LogP contribution in [-0.2, 0) is 9.53 Å². The van der Waals surface area contributed by atoms with Crippen molar-refractivity contribution in [2.24, 2.45) is 0 Å². The molecule has 4 aromatic rings. The monoisotopic (exact) mass is 520 g/mol. The molecule has 0 spiro atoms. The Hall–Kier alpha value is -3.89. The number of esters is 1. The van der Waals surface area contributed by atoms with Gasteiger partial charge in [0.1, 0.15) is 11.4 Å². The number of thioether (sulfide) groups is 1. The fourth-order valence-electron chi connectivity index (χ4n) is 3.92. The zero-order valence-electron chi connectivity index (χ0n) is 19.1. The third kappa shape index (κ3) is 4.77. The summed E-state index contributed by atoms with van der Waals surface area (Å²) in [6, 6.07) is 15.6. The van der Waals surface area contributed by atoms with Crippen LogP contribution in [0.5, 0.6) is 0 Å². The number of halogens is 1. The fraction of sp³-hybridized carbons (Fsp3) is 0.160. The van der Waals surface area contributed by atoms with Gasteiger partial charge in [-0.2, -0.15) is 5.10 Å². The Labute approximate surface area is 215 Å². The van der Waals surface area contributed by atoms with Crippen LogP contribution in [0.1, 0.15) is 18.5 Å². The number of hydrogen-bond donors (Lipinski definition) is 2. The molecule has 1 aliphatic rings. The molecule has 182 valence electrons. The Morgan fingerprint density at radius 1 is 1.14 bits per heavy atom. The van der Waals surface area contributed by atoms with Gasteiger partial charge in [0.2, 0.25) is 0 Å². The van der Waals surface area contributed by atoms with Gasteiger partial charge in [0.25, 0.3) is 0 Å². The summed E-state index contributed by atoms with van der Waals surface area (Å²) in [5.74, 6) is -0.237. The molecule has 2 N–H and O–H groups in total. The van der Waals surface area contributed by atoms with Gasteiger partial charge in [-0.3, -0.25) is 0 Å². The van der Waals surface area contributed by atoms with Gasteiger partial charge < -0.3 is 15.4 Å². The number of nitrogens with one attached hydrogen (secondary N) is 2. The first-order valence-corrected chi connectivity index (χ1v) is 12.5. The second kappa shape index (κ2) is 10.4. The highest BCUT2D eigenvalue weighted by Crippen LogP contribution is 2.32. The van der Waals surface area contributed by atoms with Gasteiger partial charge in [-0.1, -0.05) is 53.7 Å². The van der Waals surface area contributed by atoms with Crippen LogP contribution in [-0.4, -0.2) is 44.1 Å². The van der Waals surface area contributed by atoms with Crippen molar-refractivity contribution in [3.8, 4) is 5.69 Å². The minimum Gasteiger partial charge on any atom is -0.463 e. The van der Waals surface area contributed by atoms with Crippen LogP contribution in [0.4, 0.5) is 4.79 Å². The number of para-hydroxylation sites is 1. The number of carbonyl (C=O) groups is 2. The van der Waals surface area contributed by atoms with Crippen molar-refractivity contribution in [1.82, 2.24) is 30.4 Å². The molecule has 3 heterocycles. The highest BCUT2D eigenvalue weighted by Gasteiger charge is 2.33. The average molecular weight is 521 g/mol. The van der Waals surface area contributed by atoms with E-state index in [9.17, 15) is 9.59 Å². The Morgan fingerprint density at radius 3 is 2.67 bits per heavy atom. The summed E-state index contributed by atoms with van der Waals surface area (Å²) in [6.07, 6.45) is 3.19. The first kappa shape index (κ1) is 23.8. The summed E-state index contributed by atoms with van der Waals surface area (Å²) in [6.45, 7) is 1.94. The van der Waals surface area contributed by atoms with Crippen molar-refractivity contribution in [2.75, 3.05) is 12.4 Å². The molecule has 1 aliphatic heterocycles. The van der Waals surface area contributed by atoms with Gasteiger partial charge in [-0.15, -0.1) is 0 Å². The Morgan fingerprint density at radius 2 is 1.92 bits per heavy atom. The molecular formula is C25H21ClN6O3S. The van der Waals surface area contributed by atoms with Gasteiger partial charge in [0.05, 0.1) is 35.5 Å². The van der Waals surface area contributed by atoms with Crippen LogP contribution >= 0.6 is 23.4 Å². The molecule has 2 amide bonds. The van der Waals surface area contributed by atoms with E-state index in [2.05, 4.69) is 25.7 Å². The summed E-state index contributed by atoms with van der Waals surface area (Å²) < 4.78 is 7.08. The topological polar surface area (TPSA) is 111 Å². The van der Waals surface area contributed by atoms with E-state index in [1.165, 1.54) is 18.1 Å². The quantitative estimate of drug-likeness (QED) is 0.210. The summed E-state index contributed by atoms with van der Waals surface area (Å²) in [5, 5.41) is 12.1. The standard InChI is InChI=1S/C25H21ClN6O3S/c1-2-35-24(33)20-19(30-25(34)31-21(20)15-8-10-16(26)11-9-15)13-36-23-18-12-29-32(22(18)27-14-28-23)17-6-4-3-5-7-17/h3-12,14,21H,2,13H2,1H3,(H2,30,31,34). The minimum atomic E-state index is -0.683. The molecule has 36 heavy (non-hydrogen) atoms. The number of benzene rings is 2. The summed E-state index contributed by atoms with van der Waals surface area (Å²) >= 11 is 7.41. The van der Waals surface area contributed by atoms with E-state index in [0.717, 1.165) is 11.1 Å². The normalized spacial score (nSPS) is 15.5.